The monoisotopic (exact) mass is 1600 g/mol. The Morgan fingerprint density at radius 1 is 0.268 bits per heavy atom. The van der Waals surface area contributed by atoms with Gasteiger partial charge in [-0.05, 0) is 108 Å². The van der Waals surface area contributed by atoms with E-state index < -0.39 is 132 Å². The zero-order valence-corrected chi connectivity index (χ0v) is 67.9. The van der Waals surface area contributed by atoms with Gasteiger partial charge in [-0.25, -0.2) is 0 Å². The highest BCUT2D eigenvalue weighted by Gasteiger charge is 2.38. The highest BCUT2D eigenvalue weighted by molar-refractivity contribution is 5.92. The molecule has 0 aromatic heterocycles. The molecule has 0 spiro atoms. The highest BCUT2D eigenvalue weighted by atomic mass is 16.4. The third-order valence-corrected chi connectivity index (χ3v) is 17.5. The van der Waals surface area contributed by atoms with Crippen molar-refractivity contribution in [3.8, 4) is 0 Å². The number of rotatable bonds is 59. The number of carboxylic acids is 4. The van der Waals surface area contributed by atoms with Crippen molar-refractivity contribution in [3.05, 3.63) is 0 Å². The van der Waals surface area contributed by atoms with Crippen molar-refractivity contribution >= 4 is 108 Å². The Hall–Kier alpha value is -9.90. The van der Waals surface area contributed by atoms with Gasteiger partial charge in [-0.1, -0.05) is 114 Å². The van der Waals surface area contributed by atoms with E-state index in [1.54, 1.807) is 69.2 Å². The summed E-state index contributed by atoms with van der Waals surface area (Å²) in [6, 6.07) is -5.13. The molecule has 9 N–H and O–H groups in total. The Kier molecular flexibility index (Phi) is 69.4. The van der Waals surface area contributed by atoms with Crippen LogP contribution >= 0.6 is 0 Å². The summed E-state index contributed by atoms with van der Waals surface area (Å²) in [7, 11) is 0. The van der Waals surface area contributed by atoms with E-state index in [0.29, 0.717) is 58.0 Å². The van der Waals surface area contributed by atoms with Gasteiger partial charge in [-0.15, -0.1) is 0 Å². The summed E-state index contributed by atoms with van der Waals surface area (Å²) in [4.78, 5) is 259. The minimum Gasteiger partial charge on any atom is -0.481 e. The molecule has 0 saturated carbocycles. The lowest BCUT2D eigenvalue weighted by atomic mass is 9.99. The van der Waals surface area contributed by atoms with Gasteiger partial charge in [0.1, 0.15) is 30.2 Å². The van der Waals surface area contributed by atoms with Crippen LogP contribution in [0.4, 0.5) is 0 Å². The van der Waals surface area contributed by atoms with Crippen molar-refractivity contribution in [1.29, 1.82) is 0 Å². The number of hydrogen-bond acceptors (Lipinski definition) is 22. The molecule has 5 unspecified atom stereocenters. The standard InChI is InChI=1S/C72H128N10O18.4CO2/c1-13-17-25-42-73-71(99)66(52(9)10)81(48-40-62(92)93)57(85)33-22-21-29-47-80(56(84)35-31-36-58(86)82(49-41-63(94)95)67(53(11)12)72(100)74-43-26-18-14-2)54(32-30-34-55(83)78(15-3)64(50(5)6)69(97)75-44-27-19-23-37-60(88)89)68(96)77-46-39-59(87)79(16-4)65(51(7)8)70(98)76-45-28-20-24-38-61(90)91;4*2-1-3/h50-54,64-67H,13-49H2,1-12H3,(H,73,99)(H,74,100)(H,75,97)(H,76,98)(H,77,96)(H,88,89)(H,90,91)(H,92,93)(H,94,95);;;;. The molecular formula is C76H128N10O26. The van der Waals surface area contributed by atoms with Crippen molar-refractivity contribution in [2.45, 2.75) is 287 Å². The predicted molar refractivity (Wildman–Crippen MR) is 400 cm³/mol. The Bertz CT molecular complexity index is 2890. The second-order valence-corrected chi connectivity index (χ2v) is 27.6. The molecule has 0 aromatic rings. The van der Waals surface area contributed by atoms with Gasteiger partial charge in [-0.2, -0.15) is 38.4 Å². The van der Waals surface area contributed by atoms with Gasteiger partial charge in [0.25, 0.3) is 0 Å². The Balaban J connectivity index is -0.00000297. The third-order valence-electron chi connectivity index (χ3n) is 17.5. The topological polar surface area (TPSA) is 533 Å². The lowest BCUT2D eigenvalue weighted by Gasteiger charge is -2.34. The lowest BCUT2D eigenvalue weighted by Crippen LogP contribution is -2.53. The maximum Gasteiger partial charge on any atom is 0.373 e. The predicted octanol–water partition coefficient (Wildman–Crippen LogP) is 4.79. The van der Waals surface area contributed by atoms with E-state index in [2.05, 4.69) is 26.6 Å². The molecule has 36 heteroatoms. The number of nitrogens with zero attached hydrogens (tertiary/aromatic N) is 5. The summed E-state index contributed by atoms with van der Waals surface area (Å²) in [6.07, 6.45) is 7.36. The van der Waals surface area contributed by atoms with Crippen molar-refractivity contribution in [3.63, 3.8) is 0 Å². The van der Waals surface area contributed by atoms with Crippen LogP contribution < -0.4 is 26.6 Å². The SMILES string of the molecule is CCCCCNC(=O)C(C(C)C)N(CCC(=O)O)C(=O)CCCCCN(C(=O)CCCC(=O)N(CCC(=O)O)C(C(=O)NCCCCC)C(C)C)C(CCCC(=O)N(CC)C(C(=O)NCCCCCC(=O)O)C(C)C)C(=O)NCCC(=O)N(CC)C(C(=O)NCCCCCC(=O)O)C(C)C.O=C=O.O=C=O.O=C=O.O=C=O. The van der Waals surface area contributed by atoms with Crippen LogP contribution in [0.2, 0.25) is 0 Å². The summed E-state index contributed by atoms with van der Waals surface area (Å²) in [5.41, 5.74) is 0. The number of amides is 10. The second-order valence-electron chi connectivity index (χ2n) is 27.6. The number of unbranched alkanes of at least 4 members (excludes halogenated alkanes) is 10. The fourth-order valence-electron chi connectivity index (χ4n) is 12.3. The van der Waals surface area contributed by atoms with Crippen LogP contribution in [0.5, 0.6) is 0 Å². The zero-order valence-electron chi connectivity index (χ0n) is 67.9. The largest absolute Gasteiger partial charge is 0.481 e. The summed E-state index contributed by atoms with van der Waals surface area (Å²) in [5.74, 6) is -10.6. The van der Waals surface area contributed by atoms with Crippen LogP contribution in [0, 0.1) is 23.7 Å². The number of hydrogen-bond donors (Lipinski definition) is 9. The summed E-state index contributed by atoms with van der Waals surface area (Å²) in [5, 5.41) is 51.9. The molecule has 638 valence electrons. The van der Waals surface area contributed by atoms with Gasteiger partial charge in [-0.3, -0.25) is 67.1 Å². The van der Waals surface area contributed by atoms with Crippen molar-refractivity contribution in [2.24, 2.45) is 23.7 Å². The van der Waals surface area contributed by atoms with E-state index in [1.807, 2.05) is 13.8 Å². The molecule has 0 aliphatic heterocycles. The molecule has 0 fully saturated rings. The molecular weight excluding hydrogens is 1470 g/mol. The molecule has 10 amide bonds. The zero-order chi connectivity index (χ0) is 86.7. The first-order valence-electron chi connectivity index (χ1n) is 38.7. The molecule has 0 bridgehead atoms. The van der Waals surface area contributed by atoms with Crippen LogP contribution in [0.3, 0.4) is 0 Å². The number of likely N-dealkylation sites (N-methyl/N-ethyl adjacent to an activating group) is 2. The fraction of sp³-hybridized carbons (Fsp3) is 0.763. The molecule has 112 heavy (non-hydrogen) atoms. The maximum atomic E-state index is 15.1. The van der Waals surface area contributed by atoms with Gasteiger partial charge >= 0.3 is 48.5 Å². The number of carbonyl (C=O) groups is 14. The van der Waals surface area contributed by atoms with Crippen LogP contribution in [0.1, 0.15) is 256 Å². The highest BCUT2D eigenvalue weighted by Crippen LogP contribution is 2.23. The molecule has 0 aliphatic carbocycles. The second kappa shape index (κ2) is 70.2. The first-order valence-corrected chi connectivity index (χ1v) is 38.7. The van der Waals surface area contributed by atoms with E-state index in [9.17, 15) is 67.7 Å². The first kappa shape index (κ1) is 111. The quantitative estimate of drug-likeness (QED) is 0.0369. The normalized spacial score (nSPS) is 11.7. The molecule has 0 saturated heterocycles. The van der Waals surface area contributed by atoms with Gasteiger partial charge in [0.05, 0.1) is 12.8 Å². The minimum absolute atomic E-state index is 0.00129. The van der Waals surface area contributed by atoms with E-state index in [-0.39, 0.29) is 178 Å². The van der Waals surface area contributed by atoms with Crippen molar-refractivity contribution in [1.82, 2.24) is 51.1 Å². The van der Waals surface area contributed by atoms with Gasteiger partial charge < -0.3 is 71.5 Å². The van der Waals surface area contributed by atoms with Crippen LogP contribution in [0.25, 0.3) is 0 Å². The number of aliphatic carboxylic acids is 4. The fourth-order valence-corrected chi connectivity index (χ4v) is 12.3. The molecule has 36 nitrogen and oxygen atoms in total. The molecule has 0 heterocycles. The molecule has 0 aliphatic rings. The maximum absolute atomic E-state index is 15.1. The lowest BCUT2D eigenvalue weighted by molar-refractivity contribution is -0.193. The van der Waals surface area contributed by atoms with E-state index in [4.69, 9.17) is 48.6 Å². The van der Waals surface area contributed by atoms with E-state index in [1.165, 1.54) is 24.5 Å². The van der Waals surface area contributed by atoms with Crippen LogP contribution in [0.15, 0.2) is 0 Å². The van der Waals surface area contributed by atoms with Gasteiger partial charge in [0, 0.05) is 110 Å². The molecule has 5 atom stereocenters. The van der Waals surface area contributed by atoms with Crippen molar-refractivity contribution in [2.75, 3.05) is 65.4 Å². The van der Waals surface area contributed by atoms with Gasteiger partial charge in [0.2, 0.25) is 59.1 Å². The number of carboxylic acid groups (broad SMARTS) is 4. The van der Waals surface area contributed by atoms with Crippen molar-refractivity contribution < 1.29 is 126 Å². The van der Waals surface area contributed by atoms with Crippen LogP contribution in [-0.2, 0) is 105 Å². The number of carbonyl (C=O) groups excluding carboxylic acids is 18. The summed E-state index contributed by atoms with van der Waals surface area (Å²) < 4.78 is 0. The summed E-state index contributed by atoms with van der Waals surface area (Å²) in [6.45, 7) is 22.3. The molecule has 0 rings (SSSR count). The van der Waals surface area contributed by atoms with Gasteiger partial charge in [0.15, 0.2) is 0 Å². The molecule has 0 radical (unpaired) electrons. The Morgan fingerprint density at radius 3 is 0.839 bits per heavy atom. The first-order chi connectivity index (χ1) is 53.0. The average molecular weight is 1600 g/mol. The third kappa shape index (κ3) is 53.1. The summed E-state index contributed by atoms with van der Waals surface area (Å²) >= 11 is 0. The van der Waals surface area contributed by atoms with Crippen LogP contribution in [-0.4, -0.2) is 248 Å². The average Bonchev–Trinajstić information content (AvgIpc) is 0.863. The smallest absolute Gasteiger partial charge is 0.373 e. The van der Waals surface area contributed by atoms with E-state index >= 15 is 9.59 Å². The molecule has 0 aromatic carbocycles. The van der Waals surface area contributed by atoms with E-state index in [0.717, 1.165) is 32.1 Å². The number of nitrogens with one attached hydrogen (secondary N) is 5. The minimum atomic E-state index is -1.33. The Labute approximate surface area is 657 Å². The Morgan fingerprint density at radius 2 is 0.527 bits per heavy atom.